The standard InChI is InChI=1S/C21H34N2O6/c1-26-11-20(18(24)16-3-7-22(20)8-4-16)13-28-15-29-14-21(12-27-2)19(25)17-5-9-23(21)10-6-17/h16-17H,3-15H2,1-2H3/t20-,21-/m1/s1. The van der Waals surface area contributed by atoms with Crippen molar-refractivity contribution < 1.29 is 28.5 Å². The van der Waals surface area contributed by atoms with E-state index in [0.29, 0.717) is 13.2 Å². The van der Waals surface area contributed by atoms with Crippen LogP contribution in [-0.4, -0.2) is 106 Å². The molecular formula is C21H34N2O6. The second-order valence-electron chi connectivity index (χ2n) is 9.00. The van der Waals surface area contributed by atoms with Gasteiger partial charge in [-0.25, -0.2) is 0 Å². The number of fused-ring (bicyclic) bond motifs is 6. The molecule has 0 amide bonds. The third-order valence-corrected chi connectivity index (χ3v) is 7.47. The van der Waals surface area contributed by atoms with Crippen LogP contribution in [0.2, 0.25) is 0 Å². The van der Waals surface area contributed by atoms with Crippen LogP contribution < -0.4 is 0 Å². The minimum Gasteiger partial charge on any atom is -0.382 e. The molecule has 6 fully saturated rings. The molecule has 0 saturated carbocycles. The van der Waals surface area contributed by atoms with Gasteiger partial charge in [-0.3, -0.25) is 19.4 Å². The number of methoxy groups -OCH3 is 2. The molecule has 0 spiro atoms. The Balaban J connectivity index is 1.34. The lowest BCUT2D eigenvalue weighted by molar-refractivity contribution is -0.179. The van der Waals surface area contributed by atoms with Gasteiger partial charge in [-0.05, 0) is 51.9 Å². The summed E-state index contributed by atoms with van der Waals surface area (Å²) in [6, 6.07) is 0. The predicted molar refractivity (Wildman–Crippen MR) is 105 cm³/mol. The number of nitrogens with zero attached hydrogens (tertiary/aromatic N) is 2. The van der Waals surface area contributed by atoms with Gasteiger partial charge in [0.15, 0.2) is 11.6 Å². The maximum Gasteiger partial charge on any atom is 0.160 e. The number of carbonyl (C=O) groups is 2. The zero-order valence-electron chi connectivity index (χ0n) is 17.7. The fraction of sp³-hybridized carbons (Fsp3) is 0.905. The van der Waals surface area contributed by atoms with Gasteiger partial charge in [-0.1, -0.05) is 0 Å². The number of ketones is 2. The van der Waals surface area contributed by atoms with Crippen LogP contribution >= 0.6 is 0 Å². The van der Waals surface area contributed by atoms with Crippen molar-refractivity contribution >= 4 is 11.6 Å². The summed E-state index contributed by atoms with van der Waals surface area (Å²) in [5, 5.41) is 0. The number of rotatable bonds is 10. The average Bonchev–Trinajstić information content (AvgIpc) is 2.75. The lowest BCUT2D eigenvalue weighted by Crippen LogP contribution is -2.69. The summed E-state index contributed by atoms with van der Waals surface area (Å²) in [7, 11) is 3.25. The molecule has 0 aromatic rings. The third kappa shape index (κ3) is 3.58. The molecule has 4 bridgehead atoms. The van der Waals surface area contributed by atoms with Crippen LogP contribution in [0.1, 0.15) is 25.7 Å². The Morgan fingerprint density at radius 2 is 1.10 bits per heavy atom. The topological polar surface area (TPSA) is 77.5 Å². The van der Waals surface area contributed by atoms with Crippen LogP contribution in [0.5, 0.6) is 0 Å². The smallest absolute Gasteiger partial charge is 0.160 e. The van der Waals surface area contributed by atoms with Crippen molar-refractivity contribution in [2.24, 2.45) is 11.8 Å². The molecule has 8 heteroatoms. The van der Waals surface area contributed by atoms with E-state index in [0.717, 1.165) is 51.9 Å². The lowest BCUT2D eigenvalue weighted by Gasteiger charge is -2.52. The molecule has 6 saturated heterocycles. The van der Waals surface area contributed by atoms with E-state index in [1.165, 1.54) is 0 Å². The minimum atomic E-state index is -0.702. The largest absolute Gasteiger partial charge is 0.382 e. The first kappa shape index (κ1) is 21.3. The molecule has 8 nitrogen and oxygen atoms in total. The summed E-state index contributed by atoms with van der Waals surface area (Å²) in [6.07, 6.45) is 3.72. The van der Waals surface area contributed by atoms with E-state index in [-0.39, 0.29) is 43.4 Å². The molecule has 0 radical (unpaired) electrons. The molecule has 29 heavy (non-hydrogen) atoms. The van der Waals surface area contributed by atoms with E-state index in [1.54, 1.807) is 14.2 Å². The van der Waals surface area contributed by atoms with Crippen LogP contribution in [0.25, 0.3) is 0 Å². The molecule has 6 aliphatic heterocycles. The number of hydrogen-bond acceptors (Lipinski definition) is 8. The molecule has 0 aromatic heterocycles. The molecule has 0 unspecified atom stereocenters. The monoisotopic (exact) mass is 410 g/mol. The van der Waals surface area contributed by atoms with Gasteiger partial charge in [0, 0.05) is 26.1 Å². The summed E-state index contributed by atoms with van der Waals surface area (Å²) in [5.41, 5.74) is -1.40. The summed E-state index contributed by atoms with van der Waals surface area (Å²) >= 11 is 0. The highest BCUT2D eigenvalue weighted by Gasteiger charge is 2.54. The second kappa shape index (κ2) is 8.69. The van der Waals surface area contributed by atoms with E-state index < -0.39 is 11.1 Å². The van der Waals surface area contributed by atoms with Crippen molar-refractivity contribution in [1.82, 2.24) is 9.80 Å². The first-order valence-corrected chi connectivity index (χ1v) is 10.8. The van der Waals surface area contributed by atoms with E-state index in [2.05, 4.69) is 9.80 Å². The lowest BCUT2D eigenvalue weighted by atomic mass is 9.74. The van der Waals surface area contributed by atoms with E-state index in [4.69, 9.17) is 18.9 Å². The molecule has 6 rings (SSSR count). The van der Waals surface area contributed by atoms with Crippen molar-refractivity contribution in [3.8, 4) is 0 Å². The van der Waals surface area contributed by atoms with Gasteiger partial charge in [0.1, 0.15) is 17.9 Å². The van der Waals surface area contributed by atoms with Crippen LogP contribution in [-0.2, 0) is 28.5 Å². The molecule has 2 atom stereocenters. The van der Waals surface area contributed by atoms with Gasteiger partial charge in [0.2, 0.25) is 0 Å². The number of hydrogen-bond donors (Lipinski definition) is 0. The Bertz CT molecular complexity index is 562. The summed E-state index contributed by atoms with van der Waals surface area (Å²) in [4.78, 5) is 30.3. The second-order valence-corrected chi connectivity index (χ2v) is 9.00. The highest BCUT2D eigenvalue weighted by molar-refractivity contribution is 5.93. The molecule has 0 N–H and O–H groups in total. The number of Topliss-reactive ketones (excluding diaryl/α,β-unsaturated/α-hetero) is 2. The molecule has 6 heterocycles. The molecule has 0 aromatic carbocycles. The quantitative estimate of drug-likeness (QED) is 0.377. The highest BCUT2D eigenvalue weighted by atomic mass is 16.7. The Hall–Kier alpha value is -0.900. The predicted octanol–water partition coefficient (Wildman–Crippen LogP) is 0.337. The normalized spacial score (nSPS) is 41.3. The zero-order valence-corrected chi connectivity index (χ0v) is 17.7. The van der Waals surface area contributed by atoms with Crippen molar-refractivity contribution in [2.75, 3.05) is 73.6 Å². The molecule has 0 aliphatic carbocycles. The van der Waals surface area contributed by atoms with Crippen molar-refractivity contribution in [2.45, 2.75) is 36.8 Å². The van der Waals surface area contributed by atoms with Crippen LogP contribution in [0, 0.1) is 11.8 Å². The number of ether oxygens (including phenoxy) is 4. The average molecular weight is 411 g/mol. The van der Waals surface area contributed by atoms with Crippen molar-refractivity contribution in [3.05, 3.63) is 0 Å². The van der Waals surface area contributed by atoms with Crippen LogP contribution in [0.15, 0.2) is 0 Å². The van der Waals surface area contributed by atoms with E-state index >= 15 is 0 Å². The highest BCUT2D eigenvalue weighted by Crippen LogP contribution is 2.38. The maximum atomic E-state index is 13.0. The Morgan fingerprint density at radius 1 is 0.724 bits per heavy atom. The van der Waals surface area contributed by atoms with Crippen molar-refractivity contribution in [1.29, 1.82) is 0 Å². The van der Waals surface area contributed by atoms with Gasteiger partial charge in [-0.15, -0.1) is 0 Å². The van der Waals surface area contributed by atoms with Crippen molar-refractivity contribution in [3.63, 3.8) is 0 Å². The summed E-state index contributed by atoms with van der Waals surface area (Å²) in [5.74, 6) is 0.706. The van der Waals surface area contributed by atoms with Crippen LogP contribution in [0.3, 0.4) is 0 Å². The Labute approximate surface area is 172 Å². The van der Waals surface area contributed by atoms with Crippen LogP contribution in [0.4, 0.5) is 0 Å². The SMILES string of the molecule is COC[C@@]1(COCOC[C@]2(COC)C(=O)C3CCN2CC3)C(=O)C2CCN1CC2. The van der Waals surface area contributed by atoms with Gasteiger partial charge in [0.05, 0.1) is 26.4 Å². The number of piperidine rings is 6. The van der Waals surface area contributed by atoms with Gasteiger partial charge >= 0.3 is 0 Å². The van der Waals surface area contributed by atoms with Gasteiger partial charge in [-0.2, -0.15) is 0 Å². The fourth-order valence-electron chi connectivity index (χ4n) is 5.90. The maximum absolute atomic E-state index is 13.0. The first-order valence-electron chi connectivity index (χ1n) is 10.8. The summed E-state index contributed by atoms with van der Waals surface area (Å²) < 4.78 is 22.5. The molecule has 164 valence electrons. The van der Waals surface area contributed by atoms with E-state index in [1.807, 2.05) is 0 Å². The third-order valence-electron chi connectivity index (χ3n) is 7.47. The first-order chi connectivity index (χ1) is 14.1. The van der Waals surface area contributed by atoms with Gasteiger partial charge in [0.25, 0.3) is 0 Å². The Kier molecular flexibility index (Phi) is 6.39. The zero-order chi connectivity index (χ0) is 20.5. The number of carbonyl (C=O) groups excluding carboxylic acids is 2. The Morgan fingerprint density at radius 3 is 1.41 bits per heavy atom. The summed E-state index contributed by atoms with van der Waals surface area (Å²) in [6.45, 7) is 4.87. The fourth-order valence-corrected chi connectivity index (χ4v) is 5.90. The molecule has 6 aliphatic rings. The molecular weight excluding hydrogens is 376 g/mol. The van der Waals surface area contributed by atoms with E-state index in [9.17, 15) is 9.59 Å². The minimum absolute atomic E-state index is 0.0501. The van der Waals surface area contributed by atoms with Gasteiger partial charge < -0.3 is 18.9 Å².